The van der Waals surface area contributed by atoms with Crippen molar-refractivity contribution < 1.29 is 4.42 Å². The van der Waals surface area contributed by atoms with Crippen molar-refractivity contribution in [2.75, 3.05) is 0 Å². The van der Waals surface area contributed by atoms with E-state index in [4.69, 9.17) is 16.0 Å². The highest BCUT2D eigenvalue weighted by molar-refractivity contribution is 7.98. The average Bonchev–Trinajstić information content (AvgIpc) is 3.32. The van der Waals surface area contributed by atoms with Gasteiger partial charge in [0, 0.05) is 16.3 Å². The molecule has 0 saturated carbocycles. The molecule has 4 aromatic rings. The molecular weight excluding hydrogens is 382 g/mol. The predicted molar refractivity (Wildman–Crippen MR) is 105 cm³/mol. The fraction of sp³-hybridized carbons (Fsp3) is 0.158. The van der Waals surface area contributed by atoms with Crippen LogP contribution in [-0.4, -0.2) is 25.2 Å². The van der Waals surface area contributed by atoms with Gasteiger partial charge in [-0.25, -0.2) is 4.98 Å². The Hall–Kier alpha value is -2.64. The lowest BCUT2D eigenvalue weighted by Crippen LogP contribution is -2.00. The summed E-state index contributed by atoms with van der Waals surface area (Å²) in [6, 6.07) is 13.5. The zero-order chi connectivity index (χ0) is 18.8. The van der Waals surface area contributed by atoms with E-state index in [-0.39, 0.29) is 0 Å². The number of benzene rings is 2. The number of halogens is 1. The minimum atomic E-state index is 0.566. The number of thioether (sulfide) groups is 1. The van der Waals surface area contributed by atoms with Crippen LogP contribution in [0.3, 0.4) is 0 Å². The number of rotatable bonds is 5. The van der Waals surface area contributed by atoms with Gasteiger partial charge in [-0.3, -0.25) is 0 Å². The molecule has 2 heterocycles. The third-order valence-electron chi connectivity index (χ3n) is 4.17. The van der Waals surface area contributed by atoms with E-state index >= 15 is 0 Å². The zero-order valence-corrected chi connectivity index (χ0v) is 16.3. The smallest absolute Gasteiger partial charge is 0.226 e. The molecule has 0 radical (unpaired) electrons. The topological polar surface area (TPSA) is 69.6 Å². The first-order valence-corrected chi connectivity index (χ1v) is 9.65. The molecule has 136 valence electrons. The van der Waals surface area contributed by atoms with Crippen LogP contribution in [0.1, 0.15) is 16.8 Å². The largest absolute Gasteiger partial charge is 0.444 e. The molecule has 0 bridgehead atoms. The summed E-state index contributed by atoms with van der Waals surface area (Å²) in [6.45, 7) is 4.15. The van der Waals surface area contributed by atoms with E-state index in [1.54, 1.807) is 10.9 Å². The fourth-order valence-corrected chi connectivity index (χ4v) is 3.42. The molecule has 0 aliphatic rings. The highest BCUT2D eigenvalue weighted by Crippen LogP contribution is 2.26. The van der Waals surface area contributed by atoms with Crippen LogP contribution in [-0.2, 0) is 5.75 Å². The summed E-state index contributed by atoms with van der Waals surface area (Å²) < 4.78 is 7.31. The Labute approximate surface area is 165 Å². The molecule has 4 rings (SSSR count). The maximum atomic E-state index is 5.92. The summed E-state index contributed by atoms with van der Waals surface area (Å²) in [5.41, 5.74) is 5.07. The molecular formula is C19H16ClN5OS. The summed E-state index contributed by atoms with van der Waals surface area (Å²) in [6.07, 6.45) is 1.65. The number of hydrogen-bond donors (Lipinski definition) is 0. The van der Waals surface area contributed by atoms with E-state index in [0.29, 0.717) is 21.8 Å². The lowest BCUT2D eigenvalue weighted by molar-refractivity contribution is 0.573. The van der Waals surface area contributed by atoms with Crippen LogP contribution in [0.2, 0.25) is 5.02 Å². The maximum Gasteiger partial charge on any atom is 0.226 e. The van der Waals surface area contributed by atoms with Gasteiger partial charge in [-0.15, -0.1) is 5.10 Å². The Bertz CT molecular complexity index is 1070. The molecule has 8 heteroatoms. The Morgan fingerprint density at radius 3 is 2.67 bits per heavy atom. The first kappa shape index (κ1) is 17.8. The lowest BCUT2D eigenvalue weighted by Gasteiger charge is -2.06. The van der Waals surface area contributed by atoms with Gasteiger partial charge in [-0.2, -0.15) is 4.68 Å². The molecule has 0 aliphatic heterocycles. The molecule has 6 nitrogen and oxygen atoms in total. The maximum absolute atomic E-state index is 5.92. The van der Waals surface area contributed by atoms with E-state index < -0.39 is 0 Å². The summed E-state index contributed by atoms with van der Waals surface area (Å²) >= 11 is 7.43. The second-order valence-corrected chi connectivity index (χ2v) is 7.46. The normalized spacial score (nSPS) is 11.1. The molecule has 0 amide bonds. The van der Waals surface area contributed by atoms with Gasteiger partial charge in [0.15, 0.2) is 0 Å². The van der Waals surface area contributed by atoms with Crippen molar-refractivity contribution >= 4 is 23.4 Å². The van der Waals surface area contributed by atoms with Gasteiger partial charge in [-0.1, -0.05) is 29.4 Å². The van der Waals surface area contributed by atoms with Crippen molar-refractivity contribution in [2.45, 2.75) is 24.8 Å². The Balaban J connectivity index is 1.49. The van der Waals surface area contributed by atoms with E-state index in [1.807, 2.05) is 30.3 Å². The van der Waals surface area contributed by atoms with Crippen molar-refractivity contribution in [1.82, 2.24) is 25.2 Å². The SMILES string of the molecule is Cc1ccc(-n2nnnc2SCc2coc(-c3ccc(Cl)cc3)n2)cc1C. The quantitative estimate of drug-likeness (QED) is 0.447. The van der Waals surface area contributed by atoms with Crippen LogP contribution >= 0.6 is 23.4 Å². The number of aryl methyl sites for hydroxylation is 2. The van der Waals surface area contributed by atoms with Crippen molar-refractivity contribution in [2.24, 2.45) is 0 Å². The van der Waals surface area contributed by atoms with Gasteiger partial charge in [0.2, 0.25) is 11.0 Å². The molecule has 0 atom stereocenters. The van der Waals surface area contributed by atoms with E-state index in [1.165, 1.54) is 22.9 Å². The van der Waals surface area contributed by atoms with E-state index in [0.717, 1.165) is 16.9 Å². The summed E-state index contributed by atoms with van der Waals surface area (Å²) in [5, 5.41) is 13.4. The van der Waals surface area contributed by atoms with Gasteiger partial charge in [-0.05, 0) is 71.8 Å². The van der Waals surface area contributed by atoms with Crippen LogP contribution in [0.4, 0.5) is 0 Å². The fourth-order valence-electron chi connectivity index (χ4n) is 2.53. The molecule has 0 spiro atoms. The van der Waals surface area contributed by atoms with Crippen LogP contribution in [0.25, 0.3) is 17.1 Å². The zero-order valence-electron chi connectivity index (χ0n) is 14.8. The molecule has 0 fully saturated rings. The summed E-state index contributed by atoms with van der Waals surface area (Å²) in [5.74, 6) is 1.17. The number of aromatic nitrogens is 5. The second-order valence-electron chi connectivity index (χ2n) is 6.08. The van der Waals surface area contributed by atoms with Crippen LogP contribution in [0, 0.1) is 13.8 Å². The van der Waals surface area contributed by atoms with Crippen molar-refractivity contribution in [3.05, 3.63) is 70.6 Å². The lowest BCUT2D eigenvalue weighted by atomic mass is 10.1. The first-order chi connectivity index (χ1) is 13.1. The number of oxazole rings is 1. The minimum Gasteiger partial charge on any atom is -0.444 e. The van der Waals surface area contributed by atoms with Crippen LogP contribution in [0.15, 0.2) is 58.3 Å². The highest BCUT2D eigenvalue weighted by Gasteiger charge is 2.12. The monoisotopic (exact) mass is 397 g/mol. The Morgan fingerprint density at radius 2 is 1.89 bits per heavy atom. The molecule has 0 unspecified atom stereocenters. The van der Waals surface area contributed by atoms with Gasteiger partial charge >= 0.3 is 0 Å². The van der Waals surface area contributed by atoms with E-state index in [9.17, 15) is 0 Å². The first-order valence-electron chi connectivity index (χ1n) is 8.29. The molecule has 0 N–H and O–H groups in total. The molecule has 0 saturated heterocycles. The van der Waals surface area contributed by atoms with Gasteiger partial charge in [0.1, 0.15) is 6.26 Å². The number of nitrogens with zero attached hydrogens (tertiary/aromatic N) is 5. The Kier molecular flexibility index (Phi) is 4.96. The number of tetrazole rings is 1. The second kappa shape index (κ2) is 7.54. The third kappa shape index (κ3) is 3.89. The Morgan fingerprint density at radius 1 is 1.07 bits per heavy atom. The molecule has 2 aromatic carbocycles. The van der Waals surface area contributed by atoms with Crippen LogP contribution < -0.4 is 0 Å². The summed E-state index contributed by atoms with van der Waals surface area (Å²) in [4.78, 5) is 4.53. The highest BCUT2D eigenvalue weighted by atomic mass is 35.5. The average molecular weight is 398 g/mol. The standard InChI is InChI=1S/C19H16ClN5OS/c1-12-3-8-17(9-13(12)2)25-19(22-23-24-25)27-11-16-10-26-18(21-16)14-4-6-15(20)7-5-14/h3-10H,11H2,1-2H3. The van der Waals surface area contributed by atoms with E-state index in [2.05, 4.69) is 46.5 Å². The van der Waals surface area contributed by atoms with Crippen LogP contribution in [0.5, 0.6) is 0 Å². The third-order valence-corrected chi connectivity index (χ3v) is 5.37. The van der Waals surface area contributed by atoms with Gasteiger partial charge < -0.3 is 4.42 Å². The van der Waals surface area contributed by atoms with Crippen molar-refractivity contribution in [1.29, 1.82) is 0 Å². The predicted octanol–water partition coefficient (Wildman–Crippen LogP) is 4.88. The minimum absolute atomic E-state index is 0.566. The number of hydrogen-bond acceptors (Lipinski definition) is 6. The molecule has 0 aliphatic carbocycles. The van der Waals surface area contributed by atoms with Gasteiger partial charge in [0.25, 0.3) is 0 Å². The molecule has 2 aromatic heterocycles. The van der Waals surface area contributed by atoms with Gasteiger partial charge in [0.05, 0.1) is 11.4 Å². The van der Waals surface area contributed by atoms with Crippen molar-refractivity contribution in [3.8, 4) is 17.1 Å². The summed E-state index contributed by atoms with van der Waals surface area (Å²) in [7, 11) is 0. The van der Waals surface area contributed by atoms with Crippen molar-refractivity contribution in [3.63, 3.8) is 0 Å². The molecule has 27 heavy (non-hydrogen) atoms.